The van der Waals surface area contributed by atoms with Gasteiger partial charge in [-0.2, -0.15) is 0 Å². The molecule has 1 heterocycles. The Kier molecular flexibility index (Phi) is 4.57. The molecule has 4 nitrogen and oxygen atoms in total. The zero-order valence-electron chi connectivity index (χ0n) is 14.0. The maximum Gasteiger partial charge on any atom is 0.252 e. The molecule has 3 aromatic rings. The Labute approximate surface area is 145 Å². The number of nitrogens with zero attached hydrogens (tertiary/aromatic N) is 2. The molecular weight excluding hydrogens is 317 g/mol. The Morgan fingerprint density at radius 2 is 1.60 bits per heavy atom. The van der Waals surface area contributed by atoms with Gasteiger partial charge < -0.3 is 5.73 Å². The first-order valence-electron chi connectivity index (χ1n) is 8.00. The van der Waals surface area contributed by atoms with Crippen LogP contribution < -0.4 is 5.73 Å². The molecule has 126 valence electrons. The molecule has 0 aliphatic carbocycles. The summed E-state index contributed by atoms with van der Waals surface area (Å²) in [6, 6.07) is 15.3. The molecule has 0 unspecified atom stereocenters. The number of hydrogen-bond acceptors (Lipinski definition) is 3. The van der Waals surface area contributed by atoms with Crippen molar-refractivity contribution in [2.75, 3.05) is 0 Å². The number of nitrogens with two attached hydrogens (primary N) is 1. The third-order valence-electron chi connectivity index (χ3n) is 3.88. The SMILES string of the molecule is CC(C)c1nc(-c2ccccc2)nc(-c2ccc(F)cc2)c1C(N)=O. The minimum absolute atomic E-state index is 0.0211. The largest absolute Gasteiger partial charge is 0.365 e. The standard InChI is InChI=1S/C20H18FN3O/c1-12(2)17-16(19(22)25)18(13-8-10-15(21)11-9-13)24-20(23-17)14-6-4-3-5-7-14/h3-12H,1-2H3,(H2,22,25). The second kappa shape index (κ2) is 6.81. The van der Waals surface area contributed by atoms with Gasteiger partial charge in [-0.05, 0) is 30.2 Å². The first-order chi connectivity index (χ1) is 12.0. The molecule has 0 radical (unpaired) electrons. The summed E-state index contributed by atoms with van der Waals surface area (Å²) in [5, 5.41) is 0. The third-order valence-corrected chi connectivity index (χ3v) is 3.88. The van der Waals surface area contributed by atoms with Crippen LogP contribution in [0, 0.1) is 5.82 Å². The molecule has 25 heavy (non-hydrogen) atoms. The zero-order valence-corrected chi connectivity index (χ0v) is 14.0. The van der Waals surface area contributed by atoms with E-state index < -0.39 is 5.91 Å². The molecule has 0 aliphatic heterocycles. The first-order valence-corrected chi connectivity index (χ1v) is 8.00. The highest BCUT2D eigenvalue weighted by molar-refractivity contribution is 6.00. The van der Waals surface area contributed by atoms with Gasteiger partial charge in [-0.15, -0.1) is 0 Å². The molecule has 2 N–H and O–H groups in total. The van der Waals surface area contributed by atoms with Crippen molar-refractivity contribution in [3.8, 4) is 22.6 Å². The van der Waals surface area contributed by atoms with Crippen LogP contribution in [0.15, 0.2) is 54.6 Å². The van der Waals surface area contributed by atoms with Crippen molar-refractivity contribution >= 4 is 5.91 Å². The molecule has 3 rings (SSSR count). The number of amides is 1. The Morgan fingerprint density at radius 1 is 0.960 bits per heavy atom. The summed E-state index contributed by atoms with van der Waals surface area (Å²) >= 11 is 0. The Morgan fingerprint density at radius 3 is 2.16 bits per heavy atom. The van der Waals surface area contributed by atoms with E-state index in [0.29, 0.717) is 22.8 Å². The predicted octanol–water partition coefficient (Wildman–Crippen LogP) is 4.17. The first kappa shape index (κ1) is 16.8. The Hall–Kier alpha value is -3.08. The maximum absolute atomic E-state index is 13.3. The van der Waals surface area contributed by atoms with Gasteiger partial charge in [-0.1, -0.05) is 44.2 Å². The van der Waals surface area contributed by atoms with Crippen LogP contribution in [0.1, 0.15) is 35.8 Å². The van der Waals surface area contributed by atoms with E-state index in [0.717, 1.165) is 5.56 Å². The van der Waals surface area contributed by atoms with E-state index in [1.807, 2.05) is 44.2 Å². The van der Waals surface area contributed by atoms with Crippen LogP contribution in [0.2, 0.25) is 0 Å². The lowest BCUT2D eigenvalue weighted by Crippen LogP contribution is -2.19. The number of aromatic nitrogens is 2. The number of benzene rings is 2. The summed E-state index contributed by atoms with van der Waals surface area (Å²) in [6.45, 7) is 3.88. The van der Waals surface area contributed by atoms with Gasteiger partial charge in [0.05, 0.1) is 17.0 Å². The van der Waals surface area contributed by atoms with Crippen molar-refractivity contribution in [2.24, 2.45) is 5.73 Å². The number of halogens is 1. The molecule has 0 saturated heterocycles. The average Bonchev–Trinajstić information content (AvgIpc) is 2.61. The molecule has 0 bridgehead atoms. The van der Waals surface area contributed by atoms with Crippen LogP contribution in [0.5, 0.6) is 0 Å². The number of rotatable bonds is 4. The fourth-order valence-corrected chi connectivity index (χ4v) is 2.67. The second-order valence-electron chi connectivity index (χ2n) is 6.05. The highest BCUT2D eigenvalue weighted by atomic mass is 19.1. The number of primary amides is 1. The summed E-state index contributed by atoms with van der Waals surface area (Å²) in [7, 11) is 0. The molecule has 0 atom stereocenters. The highest BCUT2D eigenvalue weighted by Crippen LogP contribution is 2.30. The van der Waals surface area contributed by atoms with Crippen LogP contribution >= 0.6 is 0 Å². The van der Waals surface area contributed by atoms with Gasteiger partial charge in [-0.3, -0.25) is 4.79 Å². The molecule has 0 fully saturated rings. The van der Waals surface area contributed by atoms with Crippen molar-refractivity contribution in [2.45, 2.75) is 19.8 Å². The van der Waals surface area contributed by atoms with Gasteiger partial charge >= 0.3 is 0 Å². The number of carbonyl (C=O) groups excluding carboxylic acids is 1. The monoisotopic (exact) mass is 335 g/mol. The van der Waals surface area contributed by atoms with E-state index in [-0.39, 0.29) is 17.3 Å². The fraction of sp³-hybridized carbons (Fsp3) is 0.150. The van der Waals surface area contributed by atoms with E-state index in [9.17, 15) is 9.18 Å². The van der Waals surface area contributed by atoms with Gasteiger partial charge in [-0.25, -0.2) is 14.4 Å². The van der Waals surface area contributed by atoms with Gasteiger partial charge in [0.2, 0.25) is 0 Å². The smallest absolute Gasteiger partial charge is 0.252 e. The zero-order chi connectivity index (χ0) is 18.0. The Balaban J connectivity index is 2.31. The summed E-state index contributed by atoms with van der Waals surface area (Å²) in [4.78, 5) is 21.3. The van der Waals surface area contributed by atoms with Gasteiger partial charge in [0, 0.05) is 11.1 Å². The summed E-state index contributed by atoms with van der Waals surface area (Å²) in [5.41, 5.74) is 8.36. The van der Waals surface area contributed by atoms with Crippen LogP contribution in [0.4, 0.5) is 4.39 Å². The van der Waals surface area contributed by atoms with Crippen LogP contribution in [-0.4, -0.2) is 15.9 Å². The molecule has 0 saturated carbocycles. The van der Waals surface area contributed by atoms with Crippen LogP contribution in [0.3, 0.4) is 0 Å². The summed E-state index contributed by atoms with van der Waals surface area (Å²) in [5.74, 6) is -0.464. The van der Waals surface area contributed by atoms with Crippen LogP contribution in [0.25, 0.3) is 22.6 Å². The minimum Gasteiger partial charge on any atom is -0.365 e. The third kappa shape index (κ3) is 3.40. The van der Waals surface area contributed by atoms with Crippen molar-refractivity contribution < 1.29 is 9.18 Å². The predicted molar refractivity (Wildman–Crippen MR) is 95.5 cm³/mol. The van der Waals surface area contributed by atoms with E-state index in [2.05, 4.69) is 9.97 Å². The maximum atomic E-state index is 13.3. The van der Waals surface area contributed by atoms with Gasteiger partial charge in [0.1, 0.15) is 5.82 Å². The topological polar surface area (TPSA) is 68.9 Å². The van der Waals surface area contributed by atoms with Gasteiger partial charge in [0.25, 0.3) is 5.91 Å². The minimum atomic E-state index is -0.595. The van der Waals surface area contributed by atoms with Crippen molar-refractivity contribution in [3.63, 3.8) is 0 Å². The molecule has 1 aromatic heterocycles. The molecule has 2 aromatic carbocycles. The number of hydrogen-bond donors (Lipinski definition) is 1. The Bertz CT molecular complexity index is 906. The number of carbonyl (C=O) groups is 1. The quantitative estimate of drug-likeness (QED) is 0.778. The molecular formula is C20H18FN3O. The van der Waals surface area contributed by atoms with E-state index in [1.54, 1.807) is 12.1 Å². The lowest BCUT2D eigenvalue weighted by Gasteiger charge is -2.16. The average molecular weight is 335 g/mol. The summed E-state index contributed by atoms with van der Waals surface area (Å²) < 4.78 is 13.3. The van der Waals surface area contributed by atoms with Crippen molar-refractivity contribution in [1.82, 2.24) is 9.97 Å². The molecule has 1 amide bonds. The van der Waals surface area contributed by atoms with Crippen molar-refractivity contribution in [1.29, 1.82) is 0 Å². The van der Waals surface area contributed by atoms with Gasteiger partial charge in [0.15, 0.2) is 5.82 Å². The molecule has 0 spiro atoms. The lowest BCUT2D eigenvalue weighted by molar-refractivity contribution is 0.0999. The second-order valence-corrected chi connectivity index (χ2v) is 6.05. The molecule has 5 heteroatoms. The fourth-order valence-electron chi connectivity index (χ4n) is 2.67. The highest BCUT2D eigenvalue weighted by Gasteiger charge is 2.22. The van der Waals surface area contributed by atoms with E-state index in [1.165, 1.54) is 12.1 Å². The van der Waals surface area contributed by atoms with Crippen molar-refractivity contribution in [3.05, 3.63) is 71.7 Å². The summed E-state index contributed by atoms with van der Waals surface area (Å²) in [6.07, 6.45) is 0. The van der Waals surface area contributed by atoms with E-state index in [4.69, 9.17) is 5.73 Å². The van der Waals surface area contributed by atoms with Crippen LogP contribution in [-0.2, 0) is 0 Å². The molecule has 0 aliphatic rings. The van der Waals surface area contributed by atoms with E-state index >= 15 is 0 Å². The normalized spacial score (nSPS) is 10.9. The lowest BCUT2D eigenvalue weighted by atomic mass is 9.97.